The highest BCUT2D eigenvalue weighted by molar-refractivity contribution is 4.82. The highest BCUT2D eigenvalue weighted by Gasteiger charge is 2.27. The van der Waals surface area contributed by atoms with E-state index in [1.807, 2.05) is 0 Å². The van der Waals surface area contributed by atoms with Crippen LogP contribution in [0, 0.1) is 17.3 Å². The van der Waals surface area contributed by atoms with Crippen LogP contribution in [0.3, 0.4) is 0 Å². The molecule has 0 aromatic carbocycles. The zero-order valence-electron chi connectivity index (χ0n) is 12.9. The van der Waals surface area contributed by atoms with Crippen LogP contribution in [0.5, 0.6) is 0 Å². The lowest BCUT2D eigenvalue weighted by molar-refractivity contribution is 0.121. The zero-order chi connectivity index (χ0) is 13.5. The van der Waals surface area contributed by atoms with Crippen molar-refractivity contribution in [2.24, 2.45) is 23.0 Å². The molecule has 2 nitrogen and oxygen atoms in total. The quantitative estimate of drug-likeness (QED) is 0.672. The molecule has 0 saturated carbocycles. The lowest BCUT2D eigenvalue weighted by Gasteiger charge is -2.38. The SMILES string of the molecule is CCC(CC)(CN)CN(CC(C)C)CC(C)C. The van der Waals surface area contributed by atoms with Crippen LogP contribution in [0.25, 0.3) is 0 Å². The lowest BCUT2D eigenvalue weighted by atomic mass is 9.81. The minimum atomic E-state index is 0.323. The van der Waals surface area contributed by atoms with Crippen LogP contribution in [-0.4, -0.2) is 31.1 Å². The van der Waals surface area contributed by atoms with Crippen molar-refractivity contribution in [3.8, 4) is 0 Å². The molecule has 0 radical (unpaired) electrons. The first-order valence-electron chi connectivity index (χ1n) is 7.31. The molecule has 0 bridgehead atoms. The molecule has 2 heteroatoms. The monoisotopic (exact) mass is 242 g/mol. The fourth-order valence-corrected chi connectivity index (χ4v) is 2.54. The number of rotatable bonds is 9. The standard InChI is InChI=1S/C15H34N2/c1-7-15(8-2,11-16)12-17(9-13(3)4)10-14(5)6/h13-14H,7-12,16H2,1-6H3. The Morgan fingerprint density at radius 3 is 1.59 bits per heavy atom. The molecule has 0 rings (SSSR count). The van der Waals surface area contributed by atoms with Gasteiger partial charge in [-0.05, 0) is 36.6 Å². The van der Waals surface area contributed by atoms with Crippen LogP contribution in [-0.2, 0) is 0 Å². The predicted octanol–water partition coefficient (Wildman–Crippen LogP) is 3.37. The summed E-state index contributed by atoms with van der Waals surface area (Å²) in [5.41, 5.74) is 6.34. The maximum atomic E-state index is 6.01. The Morgan fingerprint density at radius 1 is 0.941 bits per heavy atom. The van der Waals surface area contributed by atoms with Crippen LogP contribution in [0.2, 0.25) is 0 Å². The van der Waals surface area contributed by atoms with E-state index < -0.39 is 0 Å². The second-order valence-corrected chi connectivity index (χ2v) is 6.39. The van der Waals surface area contributed by atoms with E-state index in [-0.39, 0.29) is 0 Å². The molecule has 0 aromatic rings. The van der Waals surface area contributed by atoms with Crippen LogP contribution in [0.15, 0.2) is 0 Å². The topological polar surface area (TPSA) is 29.3 Å². The van der Waals surface area contributed by atoms with Crippen LogP contribution in [0.4, 0.5) is 0 Å². The summed E-state index contributed by atoms with van der Waals surface area (Å²) in [5, 5.41) is 0. The third kappa shape index (κ3) is 6.42. The summed E-state index contributed by atoms with van der Waals surface area (Å²) in [5.74, 6) is 1.47. The second kappa shape index (κ2) is 8.10. The fourth-order valence-electron chi connectivity index (χ4n) is 2.54. The molecular weight excluding hydrogens is 208 g/mol. The Bertz CT molecular complexity index is 165. The first kappa shape index (κ1) is 16.9. The van der Waals surface area contributed by atoms with E-state index in [1.54, 1.807) is 0 Å². The van der Waals surface area contributed by atoms with Crippen LogP contribution < -0.4 is 5.73 Å². The van der Waals surface area contributed by atoms with Gasteiger partial charge >= 0.3 is 0 Å². The molecule has 0 heterocycles. The first-order valence-corrected chi connectivity index (χ1v) is 7.31. The van der Waals surface area contributed by atoms with Gasteiger partial charge in [0.05, 0.1) is 0 Å². The molecule has 2 N–H and O–H groups in total. The van der Waals surface area contributed by atoms with E-state index >= 15 is 0 Å². The average Bonchev–Trinajstić information content (AvgIpc) is 2.24. The third-order valence-corrected chi connectivity index (χ3v) is 3.74. The van der Waals surface area contributed by atoms with E-state index in [9.17, 15) is 0 Å². The van der Waals surface area contributed by atoms with E-state index in [4.69, 9.17) is 5.73 Å². The summed E-state index contributed by atoms with van der Waals surface area (Å²) in [6, 6.07) is 0. The molecular formula is C15H34N2. The van der Waals surface area contributed by atoms with Gasteiger partial charge in [0.1, 0.15) is 0 Å². The molecule has 0 spiro atoms. The largest absolute Gasteiger partial charge is 0.330 e. The molecule has 0 aromatic heterocycles. The first-order chi connectivity index (χ1) is 7.89. The Kier molecular flexibility index (Phi) is 8.06. The van der Waals surface area contributed by atoms with E-state index in [0.29, 0.717) is 5.41 Å². The highest BCUT2D eigenvalue weighted by atomic mass is 15.1. The van der Waals surface area contributed by atoms with Crippen molar-refractivity contribution in [1.82, 2.24) is 4.90 Å². The van der Waals surface area contributed by atoms with E-state index in [1.165, 1.54) is 25.9 Å². The number of hydrogen-bond donors (Lipinski definition) is 1. The van der Waals surface area contributed by atoms with Gasteiger partial charge in [0, 0.05) is 19.6 Å². The maximum Gasteiger partial charge on any atom is 0.00501 e. The van der Waals surface area contributed by atoms with Gasteiger partial charge in [0.15, 0.2) is 0 Å². The Morgan fingerprint density at radius 2 is 1.35 bits per heavy atom. The summed E-state index contributed by atoms with van der Waals surface area (Å²) in [6.07, 6.45) is 2.37. The highest BCUT2D eigenvalue weighted by Crippen LogP contribution is 2.26. The molecule has 0 fully saturated rings. The van der Waals surface area contributed by atoms with Gasteiger partial charge in [0.2, 0.25) is 0 Å². The summed E-state index contributed by atoms with van der Waals surface area (Å²) in [4.78, 5) is 2.62. The molecule has 0 amide bonds. The molecule has 0 atom stereocenters. The van der Waals surface area contributed by atoms with Gasteiger partial charge in [-0.3, -0.25) is 0 Å². The summed E-state index contributed by atoms with van der Waals surface area (Å²) < 4.78 is 0. The minimum absolute atomic E-state index is 0.323. The van der Waals surface area contributed by atoms with Crippen molar-refractivity contribution in [1.29, 1.82) is 0 Å². The molecule has 0 unspecified atom stereocenters. The van der Waals surface area contributed by atoms with Crippen molar-refractivity contribution in [2.75, 3.05) is 26.2 Å². The average molecular weight is 242 g/mol. The Hall–Kier alpha value is -0.0800. The summed E-state index contributed by atoms with van der Waals surface area (Å²) in [7, 11) is 0. The van der Waals surface area contributed by atoms with Gasteiger partial charge in [0.25, 0.3) is 0 Å². The number of hydrogen-bond acceptors (Lipinski definition) is 2. The minimum Gasteiger partial charge on any atom is -0.330 e. The molecule has 0 aliphatic rings. The van der Waals surface area contributed by atoms with Crippen molar-refractivity contribution in [3.05, 3.63) is 0 Å². The Balaban J connectivity index is 4.57. The maximum absolute atomic E-state index is 6.01. The van der Waals surface area contributed by atoms with Gasteiger partial charge in [-0.1, -0.05) is 41.5 Å². The van der Waals surface area contributed by atoms with Gasteiger partial charge in [-0.25, -0.2) is 0 Å². The smallest absolute Gasteiger partial charge is 0.00501 e. The number of nitrogens with two attached hydrogens (primary N) is 1. The van der Waals surface area contributed by atoms with Gasteiger partial charge in [-0.15, -0.1) is 0 Å². The molecule has 0 saturated heterocycles. The molecule has 17 heavy (non-hydrogen) atoms. The fraction of sp³-hybridized carbons (Fsp3) is 1.00. The predicted molar refractivity (Wildman–Crippen MR) is 78.2 cm³/mol. The Labute approximate surface area is 109 Å². The van der Waals surface area contributed by atoms with E-state index in [0.717, 1.165) is 24.9 Å². The van der Waals surface area contributed by atoms with Crippen LogP contribution >= 0.6 is 0 Å². The summed E-state index contributed by atoms with van der Waals surface area (Å²) >= 11 is 0. The zero-order valence-corrected chi connectivity index (χ0v) is 12.9. The van der Waals surface area contributed by atoms with Crippen molar-refractivity contribution < 1.29 is 0 Å². The summed E-state index contributed by atoms with van der Waals surface area (Å²) in [6.45, 7) is 18.1. The third-order valence-electron chi connectivity index (χ3n) is 3.74. The van der Waals surface area contributed by atoms with Gasteiger partial charge < -0.3 is 10.6 Å². The molecule has 0 aliphatic heterocycles. The second-order valence-electron chi connectivity index (χ2n) is 6.39. The van der Waals surface area contributed by atoms with E-state index in [2.05, 4.69) is 46.4 Å². The van der Waals surface area contributed by atoms with Crippen LogP contribution in [0.1, 0.15) is 54.4 Å². The molecule has 104 valence electrons. The van der Waals surface area contributed by atoms with Gasteiger partial charge in [-0.2, -0.15) is 0 Å². The number of nitrogens with zero attached hydrogens (tertiary/aromatic N) is 1. The van der Waals surface area contributed by atoms with Crippen molar-refractivity contribution in [2.45, 2.75) is 54.4 Å². The lowest BCUT2D eigenvalue weighted by Crippen LogP contribution is -2.44. The van der Waals surface area contributed by atoms with Crippen molar-refractivity contribution >= 4 is 0 Å². The molecule has 0 aliphatic carbocycles. The van der Waals surface area contributed by atoms with Crippen molar-refractivity contribution in [3.63, 3.8) is 0 Å². The normalized spacial score (nSPS) is 13.1.